The number of rotatable bonds is 3. The van der Waals surface area contributed by atoms with E-state index in [0.29, 0.717) is 4.47 Å². The molecule has 0 bridgehead atoms. The number of hydrogen-bond acceptors (Lipinski definition) is 3. The van der Waals surface area contributed by atoms with Crippen molar-refractivity contribution in [3.8, 4) is 0 Å². The molecule has 0 aliphatic carbocycles. The van der Waals surface area contributed by atoms with Crippen molar-refractivity contribution in [3.05, 3.63) is 28.5 Å². The van der Waals surface area contributed by atoms with E-state index in [-0.39, 0.29) is 5.56 Å². The molecule has 1 rings (SSSR count). The summed E-state index contributed by atoms with van der Waals surface area (Å²) >= 11 is 3.01. The molecule has 0 atom stereocenters. The fourth-order valence-corrected chi connectivity index (χ4v) is 1.52. The second-order valence-corrected chi connectivity index (χ2v) is 4.41. The van der Waals surface area contributed by atoms with E-state index in [0.717, 1.165) is 6.20 Å². The summed E-state index contributed by atoms with van der Waals surface area (Å²) in [6.07, 6.45) is -4.15. The zero-order valence-corrected chi connectivity index (χ0v) is 10.7. The Kier molecular flexibility index (Phi) is 4.46. The Labute approximate surface area is 112 Å². The van der Waals surface area contributed by atoms with Crippen molar-refractivity contribution < 1.29 is 26.7 Å². The highest BCUT2D eigenvalue weighted by atomic mass is 79.9. The molecule has 1 heterocycles. The van der Waals surface area contributed by atoms with Crippen molar-refractivity contribution in [1.82, 2.24) is 9.99 Å². The van der Waals surface area contributed by atoms with Gasteiger partial charge in [0.2, 0.25) is 5.91 Å². The lowest BCUT2D eigenvalue weighted by Gasteiger charge is -2.28. The number of alkyl halides is 5. The highest BCUT2D eigenvalue weighted by Crippen LogP contribution is 2.36. The molecule has 0 unspecified atom stereocenters. The van der Waals surface area contributed by atoms with Crippen molar-refractivity contribution in [2.45, 2.75) is 18.6 Å². The van der Waals surface area contributed by atoms with E-state index in [9.17, 15) is 26.7 Å². The Morgan fingerprint density at radius 2 is 1.89 bits per heavy atom. The Balaban J connectivity index is 2.84. The van der Waals surface area contributed by atoms with Gasteiger partial charge in [0.15, 0.2) is 0 Å². The van der Waals surface area contributed by atoms with Crippen molar-refractivity contribution in [3.63, 3.8) is 0 Å². The second kappa shape index (κ2) is 5.37. The van der Waals surface area contributed by atoms with Crippen LogP contribution in [0.2, 0.25) is 0 Å². The number of aromatic nitrogens is 1. The van der Waals surface area contributed by atoms with Gasteiger partial charge in [-0.25, -0.2) is 10.9 Å². The van der Waals surface area contributed by atoms with Crippen LogP contribution in [0, 0.1) is 0 Å². The van der Waals surface area contributed by atoms with Gasteiger partial charge < -0.3 is 0 Å². The Hall–Kier alpha value is -1.29. The summed E-state index contributed by atoms with van der Waals surface area (Å²) < 4.78 is 62.0. The Bertz CT molecular complexity index is 479. The van der Waals surface area contributed by atoms with Gasteiger partial charge in [-0.3, -0.25) is 9.78 Å². The zero-order chi connectivity index (χ0) is 14.8. The average molecular weight is 348 g/mol. The lowest BCUT2D eigenvalue weighted by molar-refractivity contribution is -0.334. The van der Waals surface area contributed by atoms with E-state index in [1.165, 1.54) is 12.3 Å². The molecular weight excluding hydrogens is 341 g/mol. The highest BCUT2D eigenvalue weighted by molar-refractivity contribution is 9.10. The number of hydrogen-bond donors (Lipinski definition) is 1. The predicted octanol–water partition coefficient (Wildman–Crippen LogP) is 2.24. The molecule has 0 saturated heterocycles. The molecule has 2 N–H and O–H groups in total. The van der Waals surface area contributed by atoms with E-state index < -0.39 is 29.6 Å². The van der Waals surface area contributed by atoms with E-state index in [1.54, 1.807) is 0 Å². The number of carbonyl (C=O) groups excluding carboxylic acids is 1. The number of hydrazine groups is 1. The molecule has 1 aromatic heterocycles. The van der Waals surface area contributed by atoms with Gasteiger partial charge in [0.05, 0.1) is 6.42 Å². The number of amides is 1. The lowest BCUT2D eigenvalue weighted by Crippen LogP contribution is -2.58. The van der Waals surface area contributed by atoms with Gasteiger partial charge in [-0.2, -0.15) is 22.0 Å². The summed E-state index contributed by atoms with van der Waals surface area (Å²) in [5.41, 5.74) is 0.146. The minimum Gasteiger partial charge on any atom is -0.273 e. The van der Waals surface area contributed by atoms with Gasteiger partial charge in [-0.15, -0.1) is 0 Å². The number of nitrogens with two attached hydrogens (primary N) is 1. The molecule has 19 heavy (non-hydrogen) atoms. The van der Waals surface area contributed by atoms with E-state index in [2.05, 4.69) is 26.8 Å². The monoisotopic (exact) mass is 347 g/mol. The average Bonchev–Trinajstić information content (AvgIpc) is 2.26. The molecule has 1 aromatic rings. The molecule has 0 fully saturated rings. The molecule has 4 nitrogen and oxygen atoms in total. The van der Waals surface area contributed by atoms with E-state index >= 15 is 0 Å². The first-order valence-corrected chi connectivity index (χ1v) is 5.46. The van der Waals surface area contributed by atoms with Gasteiger partial charge in [-0.05, 0) is 27.6 Å². The van der Waals surface area contributed by atoms with Crippen LogP contribution in [-0.4, -0.2) is 28.1 Å². The Morgan fingerprint density at radius 1 is 1.32 bits per heavy atom. The van der Waals surface area contributed by atoms with Crippen LogP contribution in [0.5, 0.6) is 0 Å². The quantitative estimate of drug-likeness (QED) is 0.300. The first-order chi connectivity index (χ1) is 8.55. The molecule has 0 aromatic carbocycles. The van der Waals surface area contributed by atoms with Gasteiger partial charge in [0, 0.05) is 16.9 Å². The van der Waals surface area contributed by atoms with Crippen LogP contribution in [0.1, 0.15) is 5.56 Å². The molecule has 0 spiro atoms. The van der Waals surface area contributed by atoms with Crippen LogP contribution in [0.15, 0.2) is 22.9 Å². The number of nitrogens with zero attached hydrogens (tertiary/aromatic N) is 2. The summed E-state index contributed by atoms with van der Waals surface area (Å²) in [7, 11) is 0. The Morgan fingerprint density at radius 3 is 2.37 bits per heavy atom. The van der Waals surface area contributed by atoms with Crippen LogP contribution >= 0.6 is 15.9 Å². The molecule has 10 heteroatoms. The molecule has 0 aliphatic heterocycles. The standard InChI is InChI=1S/C9H7BrF5N3O/c10-6-1-5(3-17-4-6)2-7(19)18(16)9(14,15)8(11,12)13/h1,3-4H,2,16H2. The van der Waals surface area contributed by atoms with Gasteiger partial charge >= 0.3 is 12.2 Å². The molecule has 0 aliphatic rings. The summed E-state index contributed by atoms with van der Waals surface area (Å²) in [6.45, 7) is 0. The SMILES string of the molecule is NN(C(=O)Cc1cncc(Br)c1)C(F)(F)C(F)(F)F. The fourth-order valence-electron chi connectivity index (χ4n) is 1.11. The van der Waals surface area contributed by atoms with Crippen molar-refractivity contribution in [2.24, 2.45) is 5.84 Å². The molecule has 106 valence electrons. The molecule has 0 saturated carbocycles. The lowest BCUT2D eigenvalue weighted by atomic mass is 10.2. The molecule has 0 radical (unpaired) electrons. The first-order valence-electron chi connectivity index (χ1n) is 4.67. The number of pyridine rings is 1. The minimum atomic E-state index is -5.94. The molecule has 1 amide bonds. The first kappa shape index (κ1) is 15.8. The van der Waals surface area contributed by atoms with Gasteiger partial charge in [0.25, 0.3) is 0 Å². The van der Waals surface area contributed by atoms with Gasteiger partial charge in [-0.1, -0.05) is 0 Å². The van der Waals surface area contributed by atoms with Crippen molar-refractivity contribution >= 4 is 21.8 Å². The summed E-state index contributed by atoms with van der Waals surface area (Å²) in [4.78, 5) is 14.9. The smallest absolute Gasteiger partial charge is 0.273 e. The van der Waals surface area contributed by atoms with Crippen LogP contribution in [-0.2, 0) is 11.2 Å². The highest BCUT2D eigenvalue weighted by Gasteiger charge is 2.62. The van der Waals surface area contributed by atoms with Gasteiger partial charge in [0.1, 0.15) is 0 Å². The van der Waals surface area contributed by atoms with Crippen LogP contribution < -0.4 is 5.84 Å². The second-order valence-electron chi connectivity index (χ2n) is 3.49. The fraction of sp³-hybridized carbons (Fsp3) is 0.333. The predicted molar refractivity (Wildman–Crippen MR) is 57.7 cm³/mol. The van der Waals surface area contributed by atoms with Crippen molar-refractivity contribution in [1.29, 1.82) is 0 Å². The largest absolute Gasteiger partial charge is 0.477 e. The summed E-state index contributed by atoms with van der Waals surface area (Å²) in [5, 5.41) is -1.12. The summed E-state index contributed by atoms with van der Waals surface area (Å²) in [6, 6.07) is -4.08. The van der Waals surface area contributed by atoms with Crippen molar-refractivity contribution in [2.75, 3.05) is 0 Å². The third kappa shape index (κ3) is 3.60. The maximum absolute atomic E-state index is 12.8. The summed E-state index contributed by atoms with van der Waals surface area (Å²) in [5.74, 6) is 2.97. The molecular formula is C9H7BrF5N3O. The topological polar surface area (TPSA) is 59.2 Å². The zero-order valence-electron chi connectivity index (χ0n) is 9.09. The van der Waals surface area contributed by atoms with Crippen LogP contribution in [0.3, 0.4) is 0 Å². The maximum atomic E-state index is 12.8. The number of halogens is 6. The normalized spacial score (nSPS) is 12.4. The van der Waals surface area contributed by atoms with Crippen LogP contribution in [0.4, 0.5) is 22.0 Å². The minimum absolute atomic E-state index is 0.146. The third-order valence-corrected chi connectivity index (χ3v) is 2.46. The van der Waals surface area contributed by atoms with E-state index in [1.807, 2.05) is 0 Å². The number of carbonyl (C=O) groups is 1. The third-order valence-electron chi connectivity index (χ3n) is 2.03. The maximum Gasteiger partial charge on any atom is 0.477 e. The van der Waals surface area contributed by atoms with E-state index in [4.69, 9.17) is 0 Å². The van der Waals surface area contributed by atoms with Crippen LogP contribution in [0.25, 0.3) is 0 Å².